The lowest BCUT2D eigenvalue weighted by Gasteiger charge is -2.10. The van der Waals surface area contributed by atoms with Crippen LogP contribution in [-0.4, -0.2) is 26.4 Å². The molecule has 0 aliphatic carbocycles. The number of aromatic amines is 2. The van der Waals surface area contributed by atoms with Crippen LogP contribution in [0.4, 0.5) is 5.69 Å². The largest absolute Gasteiger partial charge is 0.494 e. The standard InChI is InChI=1S/C14H14N4O3S/c1-7-4-3-5-8(2)10(7)16-14(22)15-6-9-11(19)17-13(21)18-12(9)20/h3-6H,1-2H3,(H,16,22)(H3,17,18,19,20,21). The molecule has 8 heteroatoms. The van der Waals surface area contributed by atoms with Crippen molar-refractivity contribution in [3.8, 4) is 5.88 Å². The summed E-state index contributed by atoms with van der Waals surface area (Å²) in [5, 5.41) is 12.6. The van der Waals surface area contributed by atoms with Crippen LogP contribution in [0.3, 0.4) is 0 Å². The van der Waals surface area contributed by atoms with Gasteiger partial charge in [-0.2, -0.15) is 0 Å². The first-order valence-corrected chi connectivity index (χ1v) is 6.76. The van der Waals surface area contributed by atoms with E-state index in [0.29, 0.717) is 0 Å². The Morgan fingerprint density at radius 3 is 2.50 bits per heavy atom. The highest BCUT2D eigenvalue weighted by atomic mass is 32.1. The van der Waals surface area contributed by atoms with Crippen molar-refractivity contribution in [1.82, 2.24) is 9.97 Å². The number of rotatable bonds is 2. The molecule has 0 amide bonds. The number of H-pyrrole nitrogens is 2. The zero-order valence-electron chi connectivity index (χ0n) is 11.9. The number of thiocarbonyl (C=S) groups is 1. The van der Waals surface area contributed by atoms with E-state index >= 15 is 0 Å². The van der Waals surface area contributed by atoms with E-state index in [1.807, 2.05) is 37.0 Å². The van der Waals surface area contributed by atoms with Crippen molar-refractivity contribution in [2.75, 3.05) is 5.32 Å². The molecule has 114 valence electrons. The van der Waals surface area contributed by atoms with E-state index in [1.165, 1.54) is 0 Å². The molecule has 1 heterocycles. The first kappa shape index (κ1) is 15.6. The van der Waals surface area contributed by atoms with E-state index in [-0.39, 0.29) is 10.7 Å². The van der Waals surface area contributed by atoms with Crippen molar-refractivity contribution in [2.24, 2.45) is 4.99 Å². The van der Waals surface area contributed by atoms with E-state index in [9.17, 15) is 14.7 Å². The average Bonchev–Trinajstić information content (AvgIpc) is 2.42. The van der Waals surface area contributed by atoms with Gasteiger partial charge in [0.05, 0.1) is 0 Å². The molecule has 0 aliphatic heterocycles. The molecular weight excluding hydrogens is 304 g/mol. The van der Waals surface area contributed by atoms with Crippen molar-refractivity contribution in [3.05, 3.63) is 55.7 Å². The molecule has 2 rings (SSSR count). The summed E-state index contributed by atoms with van der Waals surface area (Å²) in [7, 11) is 0. The number of aryl methyl sites for hydroxylation is 2. The first-order chi connectivity index (χ1) is 10.4. The number of aromatic nitrogens is 2. The summed E-state index contributed by atoms with van der Waals surface area (Å²) >= 11 is 5.09. The third-order valence-corrected chi connectivity index (χ3v) is 3.19. The third kappa shape index (κ3) is 3.47. The van der Waals surface area contributed by atoms with Crippen LogP contribution < -0.4 is 16.6 Å². The normalized spacial score (nSPS) is 10.8. The van der Waals surface area contributed by atoms with Crippen LogP contribution in [0.5, 0.6) is 5.88 Å². The second-order valence-electron chi connectivity index (χ2n) is 4.63. The zero-order chi connectivity index (χ0) is 16.3. The van der Waals surface area contributed by atoms with Gasteiger partial charge < -0.3 is 10.4 Å². The number of aliphatic imine (C=N–C) groups is 1. The summed E-state index contributed by atoms with van der Waals surface area (Å²) in [4.78, 5) is 30.5. The Labute approximate surface area is 130 Å². The van der Waals surface area contributed by atoms with Gasteiger partial charge in [0.1, 0.15) is 5.56 Å². The Hall–Kier alpha value is -2.74. The second-order valence-corrected chi connectivity index (χ2v) is 5.01. The van der Waals surface area contributed by atoms with Gasteiger partial charge >= 0.3 is 5.69 Å². The number of aromatic hydroxyl groups is 1. The molecule has 0 saturated heterocycles. The molecule has 0 radical (unpaired) electrons. The average molecular weight is 318 g/mol. The molecule has 0 aliphatic rings. The quantitative estimate of drug-likeness (QED) is 0.491. The van der Waals surface area contributed by atoms with Crippen molar-refractivity contribution in [3.63, 3.8) is 0 Å². The molecule has 4 N–H and O–H groups in total. The maximum atomic E-state index is 11.5. The van der Waals surface area contributed by atoms with Gasteiger partial charge in [-0.05, 0) is 37.2 Å². The van der Waals surface area contributed by atoms with Gasteiger partial charge in [0, 0.05) is 11.9 Å². The van der Waals surface area contributed by atoms with Crippen LogP contribution in [0.25, 0.3) is 0 Å². The van der Waals surface area contributed by atoms with Gasteiger partial charge in [-0.3, -0.25) is 14.8 Å². The van der Waals surface area contributed by atoms with Crippen LogP contribution in [0, 0.1) is 13.8 Å². The van der Waals surface area contributed by atoms with E-state index in [4.69, 9.17) is 12.2 Å². The summed E-state index contributed by atoms with van der Waals surface area (Å²) in [6.45, 7) is 3.86. The highest BCUT2D eigenvalue weighted by molar-refractivity contribution is 7.80. The topological polar surface area (TPSA) is 110 Å². The molecule has 0 saturated carbocycles. The Morgan fingerprint density at radius 2 is 1.91 bits per heavy atom. The number of hydrogen-bond donors (Lipinski definition) is 4. The predicted molar refractivity (Wildman–Crippen MR) is 89.1 cm³/mol. The van der Waals surface area contributed by atoms with Gasteiger partial charge in [-0.1, -0.05) is 18.2 Å². The first-order valence-electron chi connectivity index (χ1n) is 6.35. The third-order valence-electron chi connectivity index (χ3n) is 2.98. The van der Waals surface area contributed by atoms with Crippen LogP contribution in [0.15, 0.2) is 32.8 Å². The predicted octanol–water partition coefficient (Wildman–Crippen LogP) is 1.20. The molecule has 1 aromatic carbocycles. The van der Waals surface area contributed by atoms with E-state index in [2.05, 4.69) is 15.3 Å². The molecule has 0 unspecified atom stereocenters. The van der Waals surface area contributed by atoms with Crippen molar-refractivity contribution in [1.29, 1.82) is 0 Å². The minimum absolute atomic E-state index is 0.127. The van der Waals surface area contributed by atoms with Crippen molar-refractivity contribution >= 4 is 29.2 Å². The number of anilines is 1. The van der Waals surface area contributed by atoms with Crippen molar-refractivity contribution in [2.45, 2.75) is 13.8 Å². The lowest BCUT2D eigenvalue weighted by atomic mass is 10.1. The minimum Gasteiger partial charge on any atom is -0.494 e. The van der Waals surface area contributed by atoms with Crippen molar-refractivity contribution < 1.29 is 5.11 Å². The summed E-state index contributed by atoms with van der Waals surface area (Å²) in [6, 6.07) is 5.79. The summed E-state index contributed by atoms with van der Waals surface area (Å²) in [5.41, 5.74) is 1.12. The molecule has 1 aromatic heterocycles. The Morgan fingerprint density at radius 1 is 1.27 bits per heavy atom. The molecule has 0 bridgehead atoms. The number of nitrogens with one attached hydrogen (secondary N) is 3. The van der Waals surface area contributed by atoms with Crippen LogP contribution in [0.2, 0.25) is 0 Å². The fourth-order valence-electron chi connectivity index (χ4n) is 1.88. The lowest BCUT2D eigenvalue weighted by Crippen LogP contribution is -2.25. The van der Waals surface area contributed by atoms with Gasteiger partial charge in [0.2, 0.25) is 5.88 Å². The smallest absolute Gasteiger partial charge is 0.328 e. The Kier molecular flexibility index (Phi) is 4.52. The second kappa shape index (κ2) is 6.35. The van der Waals surface area contributed by atoms with Gasteiger partial charge in [-0.25, -0.2) is 9.79 Å². The Bertz CT molecular complexity index is 847. The minimum atomic E-state index is -0.795. The zero-order valence-corrected chi connectivity index (χ0v) is 12.7. The van der Waals surface area contributed by atoms with Gasteiger partial charge in [-0.15, -0.1) is 0 Å². The molecular formula is C14H14N4O3S. The fourth-order valence-corrected chi connectivity index (χ4v) is 2.03. The van der Waals surface area contributed by atoms with Crippen LogP contribution >= 0.6 is 12.2 Å². The molecule has 0 fully saturated rings. The number of benzene rings is 1. The summed E-state index contributed by atoms with van der Waals surface area (Å²) in [5.74, 6) is -0.563. The molecule has 0 atom stereocenters. The number of nitrogens with zero attached hydrogens (tertiary/aromatic N) is 1. The van der Waals surface area contributed by atoms with E-state index < -0.39 is 17.1 Å². The summed E-state index contributed by atoms with van der Waals surface area (Å²) < 4.78 is 0. The monoisotopic (exact) mass is 318 g/mol. The fraction of sp³-hybridized carbons (Fsp3) is 0.143. The maximum Gasteiger partial charge on any atom is 0.328 e. The van der Waals surface area contributed by atoms with Crippen LogP contribution in [-0.2, 0) is 0 Å². The highest BCUT2D eigenvalue weighted by Crippen LogP contribution is 2.19. The lowest BCUT2D eigenvalue weighted by molar-refractivity contribution is 0.447. The van der Waals surface area contributed by atoms with Gasteiger partial charge in [0.15, 0.2) is 5.11 Å². The maximum absolute atomic E-state index is 11.5. The van der Waals surface area contributed by atoms with E-state index in [0.717, 1.165) is 23.0 Å². The van der Waals surface area contributed by atoms with E-state index in [1.54, 1.807) is 0 Å². The molecule has 7 nitrogen and oxygen atoms in total. The van der Waals surface area contributed by atoms with Gasteiger partial charge in [0.25, 0.3) is 5.56 Å². The number of para-hydroxylation sites is 1. The number of hydrogen-bond acceptors (Lipinski definition) is 4. The molecule has 0 spiro atoms. The highest BCUT2D eigenvalue weighted by Gasteiger charge is 2.07. The molecule has 22 heavy (non-hydrogen) atoms. The molecule has 2 aromatic rings. The Balaban J connectivity index is 2.23. The van der Waals surface area contributed by atoms with Crippen LogP contribution in [0.1, 0.15) is 16.7 Å². The SMILES string of the molecule is Cc1cccc(C)c1NC(=S)N=Cc1c(O)[nH]c(=O)[nH]c1=O. The summed E-state index contributed by atoms with van der Waals surface area (Å²) in [6.07, 6.45) is 1.09.